The van der Waals surface area contributed by atoms with Crippen LogP contribution < -0.4 is 10.6 Å². The highest BCUT2D eigenvalue weighted by atomic mass is 16.2. The number of rotatable bonds is 3. The molecule has 0 aromatic carbocycles. The molecule has 0 aromatic rings. The standard InChI is InChI=1S/C8H15NO.C8H13NO/c2*1-6(2)3-7-4-8(10)9-5-7/h6-7H,3-5H2,1-2H3,(H,9,10);3,7H,4-5H2,1-2H3,(H,9,10)/t2*7-/m00/s1. The molecule has 4 nitrogen and oxygen atoms in total. The van der Waals surface area contributed by atoms with Gasteiger partial charge in [-0.2, -0.15) is 0 Å². The highest BCUT2D eigenvalue weighted by Crippen LogP contribution is 2.18. The molecule has 20 heavy (non-hydrogen) atoms. The maximum absolute atomic E-state index is 10.7. The molecule has 0 saturated carbocycles. The summed E-state index contributed by atoms with van der Waals surface area (Å²) in [5, 5.41) is 5.63. The number of hydrogen-bond acceptors (Lipinski definition) is 2. The largest absolute Gasteiger partial charge is 0.356 e. The lowest BCUT2D eigenvalue weighted by Crippen LogP contribution is -2.14. The van der Waals surface area contributed by atoms with E-state index in [1.54, 1.807) is 0 Å². The van der Waals surface area contributed by atoms with Gasteiger partial charge in [-0.1, -0.05) is 25.5 Å². The molecular formula is C16H28N2O2. The molecule has 2 rings (SSSR count). The number of carbonyl (C=O) groups is 2. The van der Waals surface area contributed by atoms with Gasteiger partial charge in [0.05, 0.1) is 0 Å². The predicted molar refractivity (Wildman–Crippen MR) is 81.1 cm³/mol. The van der Waals surface area contributed by atoms with E-state index in [1.165, 1.54) is 12.0 Å². The van der Waals surface area contributed by atoms with E-state index in [0.717, 1.165) is 25.4 Å². The van der Waals surface area contributed by atoms with Crippen LogP contribution in [0.15, 0.2) is 11.6 Å². The van der Waals surface area contributed by atoms with Crippen molar-refractivity contribution in [2.24, 2.45) is 17.8 Å². The molecule has 2 amide bonds. The zero-order valence-electron chi connectivity index (χ0n) is 13.2. The van der Waals surface area contributed by atoms with Gasteiger partial charge in [0.2, 0.25) is 11.8 Å². The third-order valence-electron chi connectivity index (χ3n) is 3.44. The first-order valence-corrected chi connectivity index (χ1v) is 7.55. The minimum Gasteiger partial charge on any atom is -0.356 e. The Labute approximate surface area is 122 Å². The van der Waals surface area contributed by atoms with Crippen LogP contribution in [-0.4, -0.2) is 24.9 Å². The van der Waals surface area contributed by atoms with Gasteiger partial charge in [-0.05, 0) is 32.1 Å². The lowest BCUT2D eigenvalue weighted by Gasteiger charge is -2.08. The fourth-order valence-corrected chi connectivity index (χ4v) is 2.71. The van der Waals surface area contributed by atoms with E-state index in [0.29, 0.717) is 18.3 Å². The highest BCUT2D eigenvalue weighted by molar-refractivity contribution is 5.78. The second kappa shape index (κ2) is 8.08. The quantitative estimate of drug-likeness (QED) is 0.779. The van der Waals surface area contributed by atoms with Gasteiger partial charge in [0.1, 0.15) is 0 Å². The molecule has 0 aliphatic carbocycles. The molecule has 2 heterocycles. The molecular weight excluding hydrogens is 252 g/mol. The normalized spacial score (nSPS) is 24.9. The Bertz CT molecular complexity index is 371. The minimum atomic E-state index is 0.183. The zero-order chi connectivity index (χ0) is 15.1. The van der Waals surface area contributed by atoms with Crippen LogP contribution in [0.1, 0.15) is 47.0 Å². The maximum Gasteiger partial charge on any atom is 0.220 e. The fourth-order valence-electron chi connectivity index (χ4n) is 2.71. The van der Waals surface area contributed by atoms with Crippen molar-refractivity contribution in [3.05, 3.63) is 11.6 Å². The summed E-state index contributed by atoms with van der Waals surface area (Å²) in [5.41, 5.74) is 1.29. The molecule has 0 unspecified atom stereocenters. The van der Waals surface area contributed by atoms with Crippen LogP contribution in [0.3, 0.4) is 0 Å². The minimum absolute atomic E-state index is 0.183. The lowest BCUT2D eigenvalue weighted by molar-refractivity contribution is -0.120. The van der Waals surface area contributed by atoms with Crippen molar-refractivity contribution in [1.82, 2.24) is 10.6 Å². The Morgan fingerprint density at radius 1 is 1.15 bits per heavy atom. The van der Waals surface area contributed by atoms with Crippen LogP contribution in [0.2, 0.25) is 0 Å². The molecule has 2 aliphatic rings. The molecule has 4 heteroatoms. The van der Waals surface area contributed by atoms with Crippen LogP contribution in [0.25, 0.3) is 0 Å². The maximum atomic E-state index is 10.7. The first kappa shape index (κ1) is 16.7. The summed E-state index contributed by atoms with van der Waals surface area (Å²) in [6.07, 6.45) is 4.75. The van der Waals surface area contributed by atoms with E-state index >= 15 is 0 Å². The number of allylic oxidation sites excluding steroid dienone is 1. The van der Waals surface area contributed by atoms with E-state index < -0.39 is 0 Å². The number of nitrogens with one attached hydrogen (secondary N) is 2. The number of carbonyl (C=O) groups excluding carboxylic acids is 2. The van der Waals surface area contributed by atoms with Crippen LogP contribution in [-0.2, 0) is 9.59 Å². The second-order valence-corrected chi connectivity index (χ2v) is 6.52. The molecule has 2 saturated heterocycles. The Balaban J connectivity index is 0.000000200. The van der Waals surface area contributed by atoms with Crippen molar-refractivity contribution in [3.8, 4) is 0 Å². The zero-order valence-corrected chi connectivity index (χ0v) is 13.2. The Morgan fingerprint density at radius 2 is 1.75 bits per heavy atom. The van der Waals surface area contributed by atoms with Gasteiger partial charge in [0.25, 0.3) is 0 Å². The molecule has 2 atom stereocenters. The third kappa shape index (κ3) is 6.73. The SMILES string of the molecule is CC(C)=C[C@@H]1CNC(=O)C1.CC(C)C[C@@H]1CNC(=O)C1. The summed E-state index contributed by atoms with van der Waals surface area (Å²) in [7, 11) is 0. The fraction of sp³-hybridized carbons (Fsp3) is 0.750. The van der Waals surface area contributed by atoms with Gasteiger partial charge in [-0.25, -0.2) is 0 Å². The third-order valence-corrected chi connectivity index (χ3v) is 3.44. The molecule has 0 spiro atoms. The van der Waals surface area contributed by atoms with Crippen molar-refractivity contribution >= 4 is 11.8 Å². The highest BCUT2D eigenvalue weighted by Gasteiger charge is 2.21. The van der Waals surface area contributed by atoms with Crippen molar-refractivity contribution in [1.29, 1.82) is 0 Å². The van der Waals surface area contributed by atoms with Gasteiger partial charge < -0.3 is 10.6 Å². The second-order valence-electron chi connectivity index (χ2n) is 6.52. The van der Waals surface area contributed by atoms with E-state index in [2.05, 4.69) is 44.4 Å². The summed E-state index contributed by atoms with van der Waals surface area (Å²) in [6, 6.07) is 0. The number of hydrogen-bond donors (Lipinski definition) is 2. The van der Waals surface area contributed by atoms with E-state index in [9.17, 15) is 9.59 Å². The molecule has 2 aliphatic heterocycles. The summed E-state index contributed by atoms with van der Waals surface area (Å²) < 4.78 is 0. The Hall–Kier alpha value is -1.32. The molecule has 2 fully saturated rings. The topological polar surface area (TPSA) is 58.2 Å². The van der Waals surface area contributed by atoms with Gasteiger partial charge >= 0.3 is 0 Å². The molecule has 2 N–H and O–H groups in total. The van der Waals surface area contributed by atoms with Crippen molar-refractivity contribution < 1.29 is 9.59 Å². The van der Waals surface area contributed by atoms with Gasteiger partial charge in [-0.15, -0.1) is 0 Å². The van der Waals surface area contributed by atoms with Gasteiger partial charge in [0.15, 0.2) is 0 Å². The van der Waals surface area contributed by atoms with Crippen molar-refractivity contribution in [2.75, 3.05) is 13.1 Å². The average Bonchev–Trinajstić information content (AvgIpc) is 2.87. The van der Waals surface area contributed by atoms with E-state index in [-0.39, 0.29) is 11.8 Å². The van der Waals surface area contributed by atoms with E-state index in [4.69, 9.17) is 0 Å². The van der Waals surface area contributed by atoms with Crippen LogP contribution in [0.4, 0.5) is 0 Å². The predicted octanol–water partition coefficient (Wildman–Crippen LogP) is 2.26. The summed E-state index contributed by atoms with van der Waals surface area (Å²) in [4.78, 5) is 21.4. The van der Waals surface area contributed by atoms with Crippen LogP contribution in [0.5, 0.6) is 0 Å². The number of amides is 2. The smallest absolute Gasteiger partial charge is 0.220 e. The Kier molecular flexibility index (Phi) is 6.76. The van der Waals surface area contributed by atoms with Gasteiger partial charge in [-0.3, -0.25) is 9.59 Å². The van der Waals surface area contributed by atoms with Crippen LogP contribution >= 0.6 is 0 Å². The summed E-state index contributed by atoms with van der Waals surface area (Å²) in [5.74, 6) is 2.18. The Morgan fingerprint density at radius 3 is 2.15 bits per heavy atom. The monoisotopic (exact) mass is 280 g/mol. The lowest BCUT2D eigenvalue weighted by atomic mass is 9.97. The van der Waals surface area contributed by atoms with Crippen molar-refractivity contribution in [3.63, 3.8) is 0 Å². The first-order valence-electron chi connectivity index (χ1n) is 7.55. The molecule has 0 aromatic heterocycles. The molecule has 0 radical (unpaired) electrons. The average molecular weight is 280 g/mol. The first-order chi connectivity index (χ1) is 9.36. The van der Waals surface area contributed by atoms with E-state index in [1.807, 2.05) is 0 Å². The van der Waals surface area contributed by atoms with Gasteiger partial charge in [0, 0.05) is 31.8 Å². The van der Waals surface area contributed by atoms with Crippen molar-refractivity contribution in [2.45, 2.75) is 47.0 Å². The summed E-state index contributed by atoms with van der Waals surface area (Å²) in [6.45, 7) is 10.2. The molecule has 0 bridgehead atoms. The van der Waals surface area contributed by atoms with Crippen LogP contribution in [0, 0.1) is 17.8 Å². The summed E-state index contributed by atoms with van der Waals surface area (Å²) >= 11 is 0. The molecule has 114 valence electrons.